The molecule has 0 bridgehead atoms. The van der Waals surface area contributed by atoms with E-state index in [2.05, 4.69) is 0 Å². The number of para-hydroxylation sites is 2. The van der Waals surface area contributed by atoms with Crippen molar-refractivity contribution < 1.29 is 63.8 Å². The van der Waals surface area contributed by atoms with Crippen molar-refractivity contribution in [3.8, 4) is 46.0 Å². The van der Waals surface area contributed by atoms with Crippen molar-refractivity contribution in [2.75, 3.05) is 50.5 Å². The van der Waals surface area contributed by atoms with Crippen LogP contribution >= 0.6 is 0 Å². The first-order valence-electron chi connectivity index (χ1n) is 22.4. The zero-order valence-corrected chi connectivity index (χ0v) is 41.0. The molecule has 7 rings (SSSR count). The summed E-state index contributed by atoms with van der Waals surface area (Å²) in [6, 6.07) is 42.2. The van der Waals surface area contributed by atoms with E-state index in [0.717, 1.165) is 5.56 Å². The lowest BCUT2D eigenvalue weighted by molar-refractivity contribution is -0.117. The summed E-state index contributed by atoms with van der Waals surface area (Å²) >= 11 is 0. The van der Waals surface area contributed by atoms with Crippen LogP contribution in [-0.2, 0) is 37.0 Å². The summed E-state index contributed by atoms with van der Waals surface area (Å²) in [5, 5.41) is 0. The molecule has 0 fully saturated rings. The van der Waals surface area contributed by atoms with Crippen LogP contribution in [0.25, 0.3) is 0 Å². The molecule has 0 aliphatic rings. The van der Waals surface area contributed by atoms with Gasteiger partial charge in [-0.25, -0.2) is 13.2 Å². The molecule has 0 aromatic heterocycles. The van der Waals surface area contributed by atoms with Gasteiger partial charge < -0.3 is 38.2 Å². The minimum Gasteiger partial charge on any atom is -0.497 e. The van der Waals surface area contributed by atoms with Crippen LogP contribution in [0.3, 0.4) is 0 Å². The van der Waals surface area contributed by atoms with E-state index in [-0.39, 0.29) is 66.7 Å². The highest BCUT2D eigenvalue weighted by Gasteiger charge is 2.23. The van der Waals surface area contributed by atoms with Crippen molar-refractivity contribution in [2.45, 2.75) is 38.8 Å². The largest absolute Gasteiger partial charge is 0.497 e. The van der Waals surface area contributed by atoms with Crippen LogP contribution in [0.2, 0.25) is 0 Å². The van der Waals surface area contributed by atoms with Gasteiger partial charge >= 0.3 is 0 Å². The highest BCUT2D eigenvalue weighted by molar-refractivity contribution is 7.86. The number of hydrogen-bond donors (Lipinski definition) is 0. The smallest absolute Gasteiger partial charge is 0.297 e. The Hall–Kier alpha value is -8.02. The lowest BCUT2D eigenvalue weighted by atomic mass is 10.1. The number of aryl methyl sites for hydroxylation is 1. The fourth-order valence-corrected chi connectivity index (χ4v) is 7.88. The maximum Gasteiger partial charge on any atom is 0.297 e. The van der Waals surface area contributed by atoms with Crippen molar-refractivity contribution >= 4 is 33.3 Å². The van der Waals surface area contributed by atoms with E-state index in [0.29, 0.717) is 51.4 Å². The minimum absolute atomic E-state index is 0.0149. The number of hydrogen-bond acceptors (Lipinski definition) is 11. The van der Waals surface area contributed by atoms with Gasteiger partial charge in [0.05, 0.1) is 43.6 Å². The molecule has 7 aromatic carbocycles. The number of halogens is 3. The highest BCUT2D eigenvalue weighted by Crippen LogP contribution is 2.38. The van der Waals surface area contributed by atoms with Gasteiger partial charge in [-0.2, -0.15) is 8.42 Å². The number of ether oxygens (including phenoxy) is 6. The van der Waals surface area contributed by atoms with Crippen LogP contribution in [-0.4, -0.2) is 60.9 Å². The number of rotatable bonds is 21. The van der Waals surface area contributed by atoms with Gasteiger partial charge in [0.1, 0.15) is 72.6 Å². The van der Waals surface area contributed by atoms with Crippen LogP contribution in [0.1, 0.15) is 30.5 Å². The number of methoxy groups -OCH3 is 2. The Morgan fingerprint density at radius 2 is 0.944 bits per heavy atom. The Morgan fingerprint density at radius 3 is 1.36 bits per heavy atom. The number of anilines is 2. The molecular weight excluding hydrogens is 953 g/mol. The van der Waals surface area contributed by atoms with Gasteiger partial charge in [0.2, 0.25) is 11.8 Å². The molecule has 72 heavy (non-hydrogen) atoms. The topological polar surface area (TPSA) is 139 Å². The number of benzene rings is 7. The fourth-order valence-electron chi connectivity index (χ4n) is 6.99. The van der Waals surface area contributed by atoms with Crippen molar-refractivity contribution in [3.63, 3.8) is 0 Å². The van der Waals surface area contributed by atoms with E-state index in [1.54, 1.807) is 84.9 Å². The minimum atomic E-state index is -3.96. The molecule has 17 heteroatoms. The maximum absolute atomic E-state index is 14.4. The molecule has 0 atom stereocenters. The number of alkyl halides is 1. The van der Waals surface area contributed by atoms with Crippen LogP contribution in [0.15, 0.2) is 163 Å². The predicted molar refractivity (Wildman–Crippen MR) is 267 cm³/mol. The second-order valence-electron chi connectivity index (χ2n) is 15.7. The van der Waals surface area contributed by atoms with E-state index in [1.165, 1.54) is 86.4 Å². The lowest BCUT2D eigenvalue weighted by Crippen LogP contribution is -2.28. The zero-order valence-electron chi connectivity index (χ0n) is 40.2. The molecule has 0 saturated heterocycles. The molecule has 0 spiro atoms. The van der Waals surface area contributed by atoms with Crippen molar-refractivity contribution in [1.82, 2.24) is 0 Å². The Bertz CT molecular complexity index is 3020. The summed E-state index contributed by atoms with van der Waals surface area (Å²) in [5.41, 5.74) is 2.53. The Balaban J connectivity index is 0.000000245. The SMILES string of the molecule is COc1ccc(OCCOS(=O)(=O)c2ccc(C)cc2)c(CN(C(C)=O)c2cc(F)ccc2Oc2ccccc2)c1.COc1ccc(OCC[18F])c(CN(C(C)=O)c2cc(F)ccc2Oc2ccccc2)c1. The molecule has 0 N–H and O–H groups in total. The van der Waals surface area contributed by atoms with Gasteiger partial charge in [-0.05, 0) is 104 Å². The average Bonchev–Trinajstić information content (AvgIpc) is 3.37. The monoisotopic (exact) mass is 1010 g/mol. The summed E-state index contributed by atoms with van der Waals surface area (Å²) in [6.07, 6.45) is 0. The first kappa shape index (κ1) is 53.3. The van der Waals surface area contributed by atoms with Crippen molar-refractivity contribution in [3.05, 3.63) is 186 Å². The molecule has 0 heterocycles. The lowest BCUT2D eigenvalue weighted by Gasteiger charge is -2.25. The molecule has 13 nitrogen and oxygen atoms in total. The third-order valence-corrected chi connectivity index (χ3v) is 11.9. The van der Waals surface area contributed by atoms with Gasteiger partial charge in [0.25, 0.3) is 10.1 Å². The quantitative estimate of drug-likeness (QED) is 0.0502. The van der Waals surface area contributed by atoms with E-state index in [9.17, 15) is 31.2 Å². The van der Waals surface area contributed by atoms with Crippen LogP contribution < -0.4 is 38.2 Å². The third-order valence-electron chi connectivity index (χ3n) is 10.5. The summed E-state index contributed by atoms with van der Waals surface area (Å²) < 4.78 is 105. The molecule has 0 aliphatic heterocycles. The van der Waals surface area contributed by atoms with Crippen molar-refractivity contribution in [1.29, 1.82) is 0 Å². The van der Waals surface area contributed by atoms with Crippen molar-refractivity contribution in [2.24, 2.45) is 0 Å². The summed E-state index contributed by atoms with van der Waals surface area (Å²) in [7, 11) is -0.935. The van der Waals surface area contributed by atoms with Gasteiger partial charge in [0.15, 0.2) is 11.5 Å². The zero-order chi connectivity index (χ0) is 51.6. The number of carbonyl (C=O) groups excluding carboxylic acids is 2. The highest BCUT2D eigenvalue weighted by atomic mass is 32.2. The standard InChI is InChI=1S/C31H30FNO7S.C24H23F2NO4/c1-22-9-13-28(14-10-22)41(35,36)39-18-17-38-30-16-12-27(37-3)19-24(30)21-33(23(2)34)29-20-25(32)11-15-31(29)40-26-7-5-4-6-8-26;1-17(28)27(16-18-14-21(29-2)9-11-23(18)30-13-12-25)22-15-19(26)8-10-24(22)31-20-6-4-3-5-7-20/h4-16,19-20H,17-18,21H2,1-3H3;3-11,14-15H,12-13,16H2,1-2H3/i;25-1. The maximum atomic E-state index is 14.4. The van der Waals surface area contributed by atoms with E-state index in [4.69, 9.17) is 32.6 Å². The third kappa shape index (κ3) is 15.0. The molecule has 2 amide bonds. The second kappa shape index (κ2) is 25.7. The molecule has 0 unspecified atom stereocenters. The first-order valence-corrected chi connectivity index (χ1v) is 23.8. The van der Waals surface area contributed by atoms with E-state index < -0.39 is 28.4 Å². The summed E-state index contributed by atoms with van der Waals surface area (Å²) in [5.74, 6) is 1.76. The van der Waals surface area contributed by atoms with Crippen LogP contribution in [0.4, 0.5) is 24.5 Å². The Morgan fingerprint density at radius 1 is 0.514 bits per heavy atom. The summed E-state index contributed by atoms with van der Waals surface area (Å²) in [4.78, 5) is 28.2. The van der Waals surface area contributed by atoms with E-state index >= 15 is 0 Å². The second-order valence-corrected chi connectivity index (χ2v) is 17.3. The normalized spacial score (nSPS) is 10.8. The molecule has 7 aromatic rings. The molecule has 0 aliphatic carbocycles. The Labute approximate surface area is 416 Å². The number of nitrogens with zero attached hydrogens (tertiary/aromatic N) is 2. The Kier molecular flexibility index (Phi) is 19.1. The van der Waals surface area contributed by atoms with Gasteiger partial charge in [-0.15, -0.1) is 0 Å². The number of carbonyl (C=O) groups is 2. The van der Waals surface area contributed by atoms with Gasteiger partial charge in [-0.1, -0.05) is 54.1 Å². The first-order chi connectivity index (χ1) is 34.7. The number of amides is 2. The average molecular weight is 1010 g/mol. The fraction of sp³-hybridized carbons (Fsp3) is 0.200. The van der Waals surface area contributed by atoms with Crippen LogP contribution in [0.5, 0.6) is 46.0 Å². The molecule has 376 valence electrons. The molecule has 0 radical (unpaired) electrons. The molecular formula is C55H53F3N2O11S. The summed E-state index contributed by atoms with van der Waals surface area (Å²) in [6.45, 7) is 3.52. The van der Waals surface area contributed by atoms with Gasteiger partial charge in [-0.3, -0.25) is 13.8 Å². The molecule has 0 saturated carbocycles. The van der Waals surface area contributed by atoms with Gasteiger partial charge in [0, 0.05) is 37.1 Å². The van der Waals surface area contributed by atoms with Crippen LogP contribution in [0, 0.1) is 18.6 Å². The van der Waals surface area contributed by atoms with E-state index in [1.807, 2.05) is 31.2 Å². The predicted octanol–water partition coefficient (Wildman–Crippen LogP) is 11.8.